The average molecular weight is 422 g/mol. The first kappa shape index (κ1) is 21.3. The molecule has 6 nitrogen and oxygen atoms in total. The van der Waals surface area contributed by atoms with Gasteiger partial charge in [-0.1, -0.05) is 18.2 Å². The minimum atomic E-state index is -0.158. The van der Waals surface area contributed by atoms with Crippen LogP contribution in [0.25, 0.3) is 0 Å². The molecular weight excluding hydrogens is 398 g/mol. The Labute approximate surface area is 180 Å². The number of methoxy groups -OCH3 is 1. The molecule has 3 aromatic rings. The van der Waals surface area contributed by atoms with E-state index < -0.39 is 0 Å². The van der Waals surface area contributed by atoms with Crippen molar-refractivity contribution >= 4 is 46.3 Å². The monoisotopic (exact) mass is 421 g/mol. The summed E-state index contributed by atoms with van der Waals surface area (Å²) in [7, 11) is 1.59. The number of thioether (sulfide) groups is 1. The SMILES string of the molecule is COc1ccc(NC(=O)CSCC(=O)Nc2ccc(Nc3ccccc3)cc2)cc1. The van der Waals surface area contributed by atoms with Gasteiger partial charge in [-0.25, -0.2) is 0 Å². The molecule has 30 heavy (non-hydrogen) atoms. The van der Waals surface area contributed by atoms with Gasteiger partial charge in [0.25, 0.3) is 0 Å². The highest BCUT2D eigenvalue weighted by atomic mass is 32.2. The summed E-state index contributed by atoms with van der Waals surface area (Å²) in [6.45, 7) is 0. The van der Waals surface area contributed by atoms with Crippen molar-refractivity contribution in [1.29, 1.82) is 0 Å². The molecule has 0 aromatic heterocycles. The van der Waals surface area contributed by atoms with Crippen molar-refractivity contribution in [2.45, 2.75) is 0 Å². The van der Waals surface area contributed by atoms with Crippen molar-refractivity contribution < 1.29 is 14.3 Å². The first-order valence-electron chi connectivity index (χ1n) is 9.36. The minimum Gasteiger partial charge on any atom is -0.497 e. The fourth-order valence-corrected chi connectivity index (χ4v) is 3.25. The molecule has 0 bridgehead atoms. The lowest BCUT2D eigenvalue weighted by atomic mass is 10.2. The molecule has 0 aliphatic rings. The number of para-hydroxylation sites is 1. The molecule has 7 heteroatoms. The third-order valence-corrected chi connectivity index (χ3v) is 5.00. The predicted molar refractivity (Wildman–Crippen MR) is 124 cm³/mol. The smallest absolute Gasteiger partial charge is 0.234 e. The highest BCUT2D eigenvalue weighted by Crippen LogP contribution is 2.19. The normalized spacial score (nSPS) is 10.2. The number of ether oxygens (including phenoxy) is 1. The molecule has 0 atom stereocenters. The lowest BCUT2D eigenvalue weighted by Crippen LogP contribution is -2.18. The van der Waals surface area contributed by atoms with Crippen molar-refractivity contribution in [3.05, 3.63) is 78.9 Å². The number of benzene rings is 3. The molecule has 2 amide bonds. The number of nitrogens with one attached hydrogen (secondary N) is 3. The average Bonchev–Trinajstić information content (AvgIpc) is 2.76. The molecular formula is C23H23N3O3S. The highest BCUT2D eigenvalue weighted by Gasteiger charge is 2.07. The van der Waals surface area contributed by atoms with Gasteiger partial charge < -0.3 is 20.7 Å². The number of amides is 2. The van der Waals surface area contributed by atoms with Crippen molar-refractivity contribution in [3.63, 3.8) is 0 Å². The summed E-state index contributed by atoms with van der Waals surface area (Å²) in [6, 6.07) is 24.4. The number of hydrogen-bond donors (Lipinski definition) is 3. The van der Waals surface area contributed by atoms with Crippen molar-refractivity contribution in [2.24, 2.45) is 0 Å². The van der Waals surface area contributed by atoms with E-state index in [9.17, 15) is 9.59 Å². The Bertz CT molecular complexity index is 961. The van der Waals surface area contributed by atoms with Gasteiger partial charge in [0.05, 0.1) is 18.6 Å². The topological polar surface area (TPSA) is 79.5 Å². The van der Waals surface area contributed by atoms with Crippen molar-refractivity contribution in [1.82, 2.24) is 0 Å². The summed E-state index contributed by atoms with van der Waals surface area (Å²) in [5, 5.41) is 8.91. The highest BCUT2D eigenvalue weighted by molar-refractivity contribution is 8.00. The Morgan fingerprint density at radius 2 is 1.17 bits per heavy atom. The summed E-state index contributed by atoms with van der Waals surface area (Å²) in [5.74, 6) is 0.803. The zero-order valence-electron chi connectivity index (χ0n) is 16.6. The van der Waals surface area contributed by atoms with Crippen LogP contribution in [0, 0.1) is 0 Å². The summed E-state index contributed by atoms with van der Waals surface area (Å²) in [6.07, 6.45) is 0. The molecule has 0 spiro atoms. The number of carbonyl (C=O) groups is 2. The van der Waals surface area contributed by atoms with Crippen molar-refractivity contribution in [2.75, 3.05) is 34.6 Å². The van der Waals surface area contributed by atoms with Gasteiger partial charge >= 0.3 is 0 Å². The molecule has 0 saturated carbocycles. The summed E-state index contributed by atoms with van der Waals surface area (Å²) >= 11 is 1.26. The van der Waals surface area contributed by atoms with E-state index >= 15 is 0 Å². The van der Waals surface area contributed by atoms with E-state index in [1.165, 1.54) is 11.8 Å². The van der Waals surface area contributed by atoms with E-state index in [1.807, 2.05) is 54.6 Å². The molecule has 0 saturated heterocycles. The molecule has 0 radical (unpaired) electrons. The molecule has 0 heterocycles. The molecule has 0 unspecified atom stereocenters. The molecule has 0 fully saturated rings. The van der Waals surface area contributed by atoms with Gasteiger partial charge in [-0.3, -0.25) is 9.59 Å². The van der Waals surface area contributed by atoms with E-state index in [0.29, 0.717) is 11.4 Å². The summed E-state index contributed by atoms with van der Waals surface area (Å²) < 4.78 is 5.08. The number of rotatable bonds is 9. The minimum absolute atomic E-state index is 0.152. The second-order valence-corrected chi connectivity index (χ2v) is 7.37. The maximum atomic E-state index is 12.1. The molecule has 154 valence electrons. The first-order chi connectivity index (χ1) is 14.6. The third-order valence-electron chi connectivity index (χ3n) is 4.07. The maximum Gasteiger partial charge on any atom is 0.234 e. The van der Waals surface area contributed by atoms with Crippen LogP contribution in [0.15, 0.2) is 78.9 Å². The quantitative estimate of drug-likeness (QED) is 0.465. The number of carbonyl (C=O) groups excluding carboxylic acids is 2. The largest absolute Gasteiger partial charge is 0.497 e. The van der Waals surface area contributed by atoms with Gasteiger partial charge in [-0.15, -0.1) is 11.8 Å². The number of anilines is 4. The number of hydrogen-bond acceptors (Lipinski definition) is 5. The van der Waals surface area contributed by atoms with Crippen LogP contribution < -0.4 is 20.7 Å². The van der Waals surface area contributed by atoms with Crippen LogP contribution in [0.4, 0.5) is 22.7 Å². The zero-order chi connectivity index (χ0) is 21.2. The van der Waals surface area contributed by atoms with Crippen LogP contribution in [0.5, 0.6) is 5.75 Å². The Hall–Kier alpha value is -3.45. The van der Waals surface area contributed by atoms with Crippen LogP contribution in [0.1, 0.15) is 0 Å². The van der Waals surface area contributed by atoms with Crippen LogP contribution in [0.3, 0.4) is 0 Å². The van der Waals surface area contributed by atoms with Gasteiger partial charge in [0, 0.05) is 22.7 Å². The Balaban J connectivity index is 1.38. The zero-order valence-corrected chi connectivity index (χ0v) is 17.4. The second-order valence-electron chi connectivity index (χ2n) is 6.39. The van der Waals surface area contributed by atoms with Gasteiger partial charge in [0.1, 0.15) is 5.75 Å². The summed E-state index contributed by atoms with van der Waals surface area (Å²) in [4.78, 5) is 24.1. The fraction of sp³-hybridized carbons (Fsp3) is 0.130. The third kappa shape index (κ3) is 6.86. The summed E-state index contributed by atoms with van der Waals surface area (Å²) in [5.41, 5.74) is 3.33. The molecule has 3 aromatic carbocycles. The molecule has 3 N–H and O–H groups in total. The van der Waals surface area contributed by atoms with Gasteiger partial charge in [0.15, 0.2) is 0 Å². The standard InChI is InChI=1S/C23H23N3O3S/c1-29-21-13-11-20(12-14-21)26-23(28)16-30-15-22(27)25-19-9-7-18(8-10-19)24-17-5-3-2-4-6-17/h2-14,24H,15-16H2,1H3,(H,25,27)(H,26,28). The second kappa shape index (κ2) is 10.9. The van der Waals surface area contributed by atoms with E-state index in [2.05, 4.69) is 16.0 Å². The molecule has 0 aliphatic carbocycles. The molecule has 0 aliphatic heterocycles. The Morgan fingerprint density at radius 3 is 1.70 bits per heavy atom. The van der Waals surface area contributed by atoms with Gasteiger partial charge in [0.2, 0.25) is 11.8 Å². The fourth-order valence-electron chi connectivity index (χ4n) is 2.63. The van der Waals surface area contributed by atoms with E-state index in [1.54, 1.807) is 31.4 Å². The van der Waals surface area contributed by atoms with E-state index in [-0.39, 0.29) is 23.3 Å². The Kier molecular flexibility index (Phi) is 7.74. The molecule has 3 rings (SSSR count). The lowest BCUT2D eigenvalue weighted by Gasteiger charge is -2.09. The van der Waals surface area contributed by atoms with E-state index in [0.717, 1.165) is 17.1 Å². The van der Waals surface area contributed by atoms with Gasteiger partial charge in [-0.2, -0.15) is 0 Å². The van der Waals surface area contributed by atoms with Crippen molar-refractivity contribution in [3.8, 4) is 5.75 Å². The van der Waals surface area contributed by atoms with Crippen LogP contribution in [-0.2, 0) is 9.59 Å². The van der Waals surface area contributed by atoms with Crippen LogP contribution in [0.2, 0.25) is 0 Å². The predicted octanol–water partition coefficient (Wildman–Crippen LogP) is 4.75. The lowest BCUT2D eigenvalue weighted by molar-refractivity contribution is -0.114. The van der Waals surface area contributed by atoms with E-state index in [4.69, 9.17) is 4.74 Å². The maximum absolute atomic E-state index is 12.1. The van der Waals surface area contributed by atoms with Gasteiger partial charge in [-0.05, 0) is 60.7 Å². The van der Waals surface area contributed by atoms with Crippen LogP contribution >= 0.6 is 11.8 Å². The first-order valence-corrected chi connectivity index (χ1v) is 10.5. The van der Waals surface area contributed by atoms with Crippen LogP contribution in [-0.4, -0.2) is 30.4 Å². The Morgan fingerprint density at radius 1 is 0.700 bits per heavy atom.